The Morgan fingerprint density at radius 2 is 2.03 bits per heavy atom. The number of rotatable bonds is 4. The largest absolute Gasteiger partial charge is 0.507 e. The second-order valence-electron chi connectivity index (χ2n) is 9.21. The van der Waals surface area contributed by atoms with Gasteiger partial charge in [-0.25, -0.2) is 9.07 Å². The quantitative estimate of drug-likeness (QED) is 0.667. The molecule has 4 atom stereocenters. The number of alkyl halides is 1. The van der Waals surface area contributed by atoms with E-state index >= 15 is 4.39 Å². The molecule has 1 aromatic carbocycles. The average molecular weight is 423 g/mol. The molecule has 3 aliphatic rings. The van der Waals surface area contributed by atoms with Gasteiger partial charge in [0.25, 0.3) is 0 Å². The van der Waals surface area contributed by atoms with E-state index < -0.39 is 11.7 Å². The third-order valence-electron chi connectivity index (χ3n) is 7.08. The summed E-state index contributed by atoms with van der Waals surface area (Å²) in [6, 6.07) is 8.56. The molecule has 3 fully saturated rings. The van der Waals surface area contributed by atoms with E-state index in [0.29, 0.717) is 22.8 Å². The van der Waals surface area contributed by atoms with Gasteiger partial charge in [0.15, 0.2) is 5.82 Å². The fraction of sp³-hybridized carbons (Fsp3) is 0.455. The Morgan fingerprint density at radius 1 is 1.19 bits per heavy atom. The van der Waals surface area contributed by atoms with Crippen molar-refractivity contribution in [1.29, 1.82) is 0 Å². The van der Waals surface area contributed by atoms with Crippen LogP contribution in [0.25, 0.3) is 16.9 Å². The van der Waals surface area contributed by atoms with Crippen molar-refractivity contribution < 1.29 is 9.50 Å². The van der Waals surface area contributed by atoms with Crippen LogP contribution in [0, 0.1) is 5.41 Å². The second-order valence-corrected chi connectivity index (χ2v) is 9.21. The van der Waals surface area contributed by atoms with E-state index in [1.165, 1.54) is 0 Å². The Bertz CT molecular complexity index is 1080. The van der Waals surface area contributed by atoms with Gasteiger partial charge >= 0.3 is 0 Å². The first-order valence-electron chi connectivity index (χ1n) is 10.5. The molecule has 0 unspecified atom stereocenters. The number of aromatic nitrogens is 5. The zero-order valence-electron chi connectivity index (χ0n) is 17.8. The third kappa shape index (κ3) is 3.15. The average Bonchev–Trinajstić information content (AvgIpc) is 3.30. The summed E-state index contributed by atoms with van der Waals surface area (Å²) in [5, 5.41) is 30.3. The zero-order valence-corrected chi connectivity index (χ0v) is 17.8. The van der Waals surface area contributed by atoms with Crippen LogP contribution in [0.5, 0.6) is 5.75 Å². The van der Waals surface area contributed by atoms with Gasteiger partial charge in [-0.3, -0.25) is 0 Å². The number of nitrogens with one attached hydrogen (secondary N) is 1. The lowest BCUT2D eigenvalue weighted by Crippen LogP contribution is -2.74. The summed E-state index contributed by atoms with van der Waals surface area (Å²) >= 11 is 0. The number of benzene rings is 1. The smallest absolute Gasteiger partial charge is 0.151 e. The molecule has 2 aliphatic heterocycles. The summed E-state index contributed by atoms with van der Waals surface area (Å²) in [5.74, 6) is 0.691. The van der Waals surface area contributed by atoms with Crippen LogP contribution < -0.4 is 10.2 Å². The van der Waals surface area contributed by atoms with Crippen LogP contribution in [0.2, 0.25) is 0 Å². The van der Waals surface area contributed by atoms with Gasteiger partial charge in [-0.05, 0) is 44.0 Å². The van der Waals surface area contributed by atoms with Crippen LogP contribution in [-0.2, 0) is 0 Å². The number of phenols is 1. The minimum absolute atomic E-state index is 0.0725. The molecule has 6 rings (SSSR count). The van der Waals surface area contributed by atoms with Gasteiger partial charge in [-0.2, -0.15) is 0 Å². The van der Waals surface area contributed by atoms with E-state index in [4.69, 9.17) is 0 Å². The summed E-state index contributed by atoms with van der Waals surface area (Å²) in [7, 11) is 1.89. The van der Waals surface area contributed by atoms with Crippen LogP contribution in [0.15, 0.2) is 42.7 Å². The molecule has 9 heteroatoms. The molecule has 2 aromatic heterocycles. The summed E-state index contributed by atoms with van der Waals surface area (Å²) in [4.78, 5) is 1.92. The Kier molecular flexibility index (Phi) is 4.47. The summed E-state index contributed by atoms with van der Waals surface area (Å²) in [6.45, 7) is 4.90. The first-order chi connectivity index (χ1) is 14.8. The van der Waals surface area contributed by atoms with Gasteiger partial charge in [0.05, 0.1) is 29.8 Å². The van der Waals surface area contributed by atoms with E-state index in [1.54, 1.807) is 35.3 Å². The molecular formula is C22H26FN7O. The number of aromatic hydroxyl groups is 1. The lowest BCUT2D eigenvalue weighted by molar-refractivity contribution is -0.0411. The zero-order chi connectivity index (χ0) is 21.8. The topological polar surface area (TPSA) is 92.0 Å². The fourth-order valence-corrected chi connectivity index (χ4v) is 5.00. The Morgan fingerprint density at radius 3 is 2.65 bits per heavy atom. The van der Waals surface area contributed by atoms with Gasteiger partial charge in [0.2, 0.25) is 0 Å². The predicted molar refractivity (Wildman–Crippen MR) is 115 cm³/mol. The number of hydrogen-bond acceptors (Lipinski definition) is 7. The summed E-state index contributed by atoms with van der Waals surface area (Å²) < 4.78 is 17.0. The van der Waals surface area contributed by atoms with Gasteiger partial charge in [-0.1, -0.05) is 12.1 Å². The number of anilines is 1. The molecule has 2 saturated heterocycles. The van der Waals surface area contributed by atoms with Crippen LogP contribution in [0.1, 0.15) is 26.7 Å². The lowest BCUT2D eigenvalue weighted by Gasteiger charge is -2.60. The molecule has 2 bridgehead atoms. The van der Waals surface area contributed by atoms with Gasteiger partial charge in [-0.15, -0.1) is 15.3 Å². The maximum absolute atomic E-state index is 15.5. The molecule has 3 aromatic rings. The summed E-state index contributed by atoms with van der Waals surface area (Å²) in [6.07, 6.45) is 4.08. The molecular weight excluding hydrogens is 397 g/mol. The van der Waals surface area contributed by atoms with Crippen molar-refractivity contribution in [3.63, 3.8) is 0 Å². The molecule has 4 heterocycles. The molecule has 1 aliphatic carbocycles. The van der Waals surface area contributed by atoms with E-state index in [0.717, 1.165) is 19.4 Å². The molecule has 2 N–H and O–H groups in total. The molecule has 1 saturated carbocycles. The Hall–Kier alpha value is -3.07. The number of fused-ring (bicyclic) bond motifs is 3. The number of phenolic OH excluding ortho intramolecular Hbond substituents is 1. The van der Waals surface area contributed by atoms with E-state index in [1.807, 2.05) is 31.0 Å². The number of hydrogen-bond donors (Lipinski definition) is 2. The van der Waals surface area contributed by atoms with Crippen molar-refractivity contribution in [3.05, 3.63) is 42.7 Å². The fourth-order valence-electron chi connectivity index (χ4n) is 5.00. The van der Waals surface area contributed by atoms with Gasteiger partial charge < -0.3 is 15.3 Å². The maximum atomic E-state index is 15.5. The van der Waals surface area contributed by atoms with Crippen molar-refractivity contribution in [2.24, 2.45) is 5.41 Å². The molecule has 0 radical (unpaired) electrons. The van der Waals surface area contributed by atoms with Crippen molar-refractivity contribution in [1.82, 2.24) is 30.5 Å². The van der Waals surface area contributed by atoms with Crippen LogP contribution in [0.4, 0.5) is 10.2 Å². The van der Waals surface area contributed by atoms with Crippen molar-refractivity contribution in [2.75, 3.05) is 18.5 Å². The number of nitrogens with zero attached hydrogens (tertiary/aromatic N) is 6. The molecule has 0 amide bonds. The third-order valence-corrected chi connectivity index (χ3v) is 7.08. The Labute approximate surface area is 180 Å². The van der Waals surface area contributed by atoms with E-state index in [9.17, 15) is 5.11 Å². The van der Waals surface area contributed by atoms with Crippen molar-refractivity contribution in [2.45, 2.75) is 44.4 Å². The standard InChI is InChI=1S/C22H26FN7O/c1-21-8-9-22(2,24-13-21)19(23)20(21)29(3)18-7-6-16(26-27-18)15-5-4-14(12-17(15)31)30-11-10-25-28-30/h4-7,10-12,19-20,24,31H,8-9,13H2,1-3H3/t19-,20-,21-,22-/m1/s1. The van der Waals surface area contributed by atoms with Crippen LogP contribution >= 0.6 is 0 Å². The lowest BCUT2D eigenvalue weighted by atomic mass is 9.60. The molecule has 8 nitrogen and oxygen atoms in total. The SMILES string of the molecule is CN(c1ccc(-c2ccc(-n3ccnn3)cc2O)nn1)[C@@H]1[C@@H](F)[C@@]2(C)CC[C@]1(C)CN2. The van der Waals surface area contributed by atoms with Crippen LogP contribution in [0.3, 0.4) is 0 Å². The van der Waals surface area contributed by atoms with Gasteiger partial charge in [0, 0.05) is 36.2 Å². The minimum atomic E-state index is -1.00. The first-order valence-corrected chi connectivity index (χ1v) is 10.5. The van der Waals surface area contributed by atoms with Gasteiger partial charge in [0.1, 0.15) is 11.9 Å². The molecule has 162 valence electrons. The number of halogens is 1. The van der Waals surface area contributed by atoms with Crippen molar-refractivity contribution in [3.8, 4) is 22.7 Å². The van der Waals surface area contributed by atoms with E-state index in [-0.39, 0.29) is 17.2 Å². The van der Waals surface area contributed by atoms with E-state index in [2.05, 4.69) is 32.7 Å². The maximum Gasteiger partial charge on any atom is 0.151 e. The van der Waals surface area contributed by atoms with Crippen molar-refractivity contribution >= 4 is 5.82 Å². The highest BCUT2D eigenvalue weighted by Crippen LogP contribution is 2.49. The normalized spacial score (nSPS) is 29.8. The first kappa shape index (κ1) is 19.9. The highest BCUT2D eigenvalue weighted by Gasteiger charge is 2.58. The number of piperidine rings is 2. The highest BCUT2D eigenvalue weighted by molar-refractivity contribution is 5.69. The molecule has 31 heavy (non-hydrogen) atoms. The highest BCUT2D eigenvalue weighted by atomic mass is 19.1. The van der Waals surface area contributed by atoms with Crippen LogP contribution in [-0.4, -0.2) is 61.6 Å². The predicted octanol–water partition coefficient (Wildman–Crippen LogP) is 2.73. The monoisotopic (exact) mass is 423 g/mol. The second kappa shape index (κ2) is 6.98. The minimum Gasteiger partial charge on any atom is -0.507 e. The summed E-state index contributed by atoms with van der Waals surface area (Å²) in [5.41, 5.74) is 1.14. The Balaban J connectivity index is 1.40. The molecule has 0 spiro atoms.